The van der Waals surface area contributed by atoms with Crippen LogP contribution in [0.4, 0.5) is 4.79 Å². The van der Waals surface area contributed by atoms with Crippen molar-refractivity contribution >= 4 is 6.09 Å². The minimum absolute atomic E-state index is 0.133. The van der Waals surface area contributed by atoms with Crippen molar-refractivity contribution in [2.75, 3.05) is 0 Å². The van der Waals surface area contributed by atoms with Crippen LogP contribution in [0.3, 0.4) is 0 Å². The van der Waals surface area contributed by atoms with Crippen molar-refractivity contribution in [2.24, 2.45) is 5.92 Å². The van der Waals surface area contributed by atoms with Gasteiger partial charge in [0.15, 0.2) is 0 Å². The molecule has 2 bridgehead atoms. The van der Waals surface area contributed by atoms with Gasteiger partial charge in [0.2, 0.25) is 0 Å². The van der Waals surface area contributed by atoms with E-state index in [1.165, 1.54) is 25.7 Å². The Balaban J connectivity index is 1.42. The molecule has 148 valence electrons. The Morgan fingerprint density at radius 2 is 1.59 bits per heavy atom. The number of hydrogen-bond donors (Lipinski definition) is 1. The molecule has 1 N–H and O–H groups in total. The summed E-state index contributed by atoms with van der Waals surface area (Å²) in [4.78, 5) is 14.8. The van der Waals surface area contributed by atoms with Gasteiger partial charge in [0.05, 0.1) is 5.60 Å². The number of nitrogens with zero attached hydrogens (tertiary/aromatic N) is 1. The predicted molar refractivity (Wildman–Crippen MR) is 105 cm³/mol. The van der Waals surface area contributed by atoms with Gasteiger partial charge >= 0.3 is 6.09 Å². The van der Waals surface area contributed by atoms with E-state index in [0.717, 1.165) is 50.5 Å². The third-order valence-corrected chi connectivity index (χ3v) is 7.07. The van der Waals surface area contributed by atoms with Crippen LogP contribution in [-0.2, 0) is 11.3 Å². The van der Waals surface area contributed by atoms with E-state index in [9.17, 15) is 9.90 Å². The average Bonchev–Trinajstić information content (AvgIpc) is 2.96. The van der Waals surface area contributed by atoms with Gasteiger partial charge in [-0.15, -0.1) is 0 Å². The fraction of sp³-hybridized carbons (Fsp3) is 0.696. The quantitative estimate of drug-likeness (QED) is 0.757. The Morgan fingerprint density at radius 1 is 0.963 bits per heavy atom. The lowest BCUT2D eigenvalue weighted by Crippen LogP contribution is -2.61. The summed E-state index contributed by atoms with van der Waals surface area (Å²) in [6.07, 6.45) is 11.8. The summed E-state index contributed by atoms with van der Waals surface area (Å²) in [7, 11) is 0. The molecule has 27 heavy (non-hydrogen) atoms. The second-order valence-electron chi connectivity index (χ2n) is 8.89. The minimum atomic E-state index is -0.587. The van der Waals surface area contributed by atoms with Crippen LogP contribution in [0.15, 0.2) is 30.3 Å². The van der Waals surface area contributed by atoms with E-state index in [4.69, 9.17) is 4.74 Å². The topological polar surface area (TPSA) is 49.8 Å². The first-order chi connectivity index (χ1) is 13.2. The lowest BCUT2D eigenvalue weighted by molar-refractivity contribution is -0.119. The minimum Gasteiger partial charge on any atom is -0.445 e. The van der Waals surface area contributed by atoms with E-state index >= 15 is 0 Å². The van der Waals surface area contributed by atoms with Crippen LogP contribution in [0.25, 0.3) is 0 Å². The lowest BCUT2D eigenvalue weighted by atomic mass is 9.68. The van der Waals surface area contributed by atoms with Gasteiger partial charge in [-0.25, -0.2) is 4.79 Å². The molecule has 2 saturated heterocycles. The van der Waals surface area contributed by atoms with E-state index in [0.29, 0.717) is 12.5 Å². The van der Waals surface area contributed by atoms with Gasteiger partial charge in [0, 0.05) is 12.1 Å². The number of ether oxygens (including phenoxy) is 1. The van der Waals surface area contributed by atoms with Crippen LogP contribution in [-0.4, -0.2) is 33.8 Å². The molecule has 1 saturated carbocycles. The van der Waals surface area contributed by atoms with Gasteiger partial charge in [-0.3, -0.25) is 0 Å². The van der Waals surface area contributed by atoms with E-state index in [1.807, 2.05) is 35.2 Å². The van der Waals surface area contributed by atoms with Gasteiger partial charge in [0.25, 0.3) is 0 Å². The lowest BCUT2D eigenvalue weighted by Gasteiger charge is -2.53. The summed E-state index contributed by atoms with van der Waals surface area (Å²) in [5, 5.41) is 11.6. The number of hydrogen-bond acceptors (Lipinski definition) is 3. The normalized spacial score (nSPS) is 32.0. The Hall–Kier alpha value is -1.55. The highest BCUT2D eigenvalue weighted by Gasteiger charge is 2.50. The molecule has 3 aliphatic rings. The maximum atomic E-state index is 12.8. The van der Waals surface area contributed by atoms with Crippen LogP contribution < -0.4 is 0 Å². The molecule has 1 aromatic carbocycles. The molecular formula is C23H33NO3. The monoisotopic (exact) mass is 371 g/mol. The zero-order chi connectivity index (χ0) is 18.7. The maximum absolute atomic E-state index is 12.8. The van der Waals surface area contributed by atoms with Gasteiger partial charge in [-0.05, 0) is 56.4 Å². The number of rotatable bonds is 3. The predicted octanol–water partition coefficient (Wildman–Crippen LogP) is 5.04. The summed E-state index contributed by atoms with van der Waals surface area (Å²) in [6, 6.07) is 10.1. The fourth-order valence-corrected chi connectivity index (χ4v) is 5.71. The van der Waals surface area contributed by atoms with Crippen LogP contribution in [0.1, 0.15) is 76.2 Å². The van der Waals surface area contributed by atoms with Crippen LogP contribution >= 0.6 is 0 Å². The molecule has 2 heterocycles. The van der Waals surface area contributed by atoms with Crippen LogP contribution in [0.2, 0.25) is 0 Å². The summed E-state index contributed by atoms with van der Waals surface area (Å²) in [5.41, 5.74) is 0.430. The van der Waals surface area contributed by atoms with Gasteiger partial charge < -0.3 is 14.7 Å². The number of carbonyl (C=O) groups excluding carboxylic acids is 1. The summed E-state index contributed by atoms with van der Waals surface area (Å²) >= 11 is 0. The Morgan fingerprint density at radius 3 is 2.22 bits per heavy atom. The van der Waals surface area contributed by atoms with Crippen molar-refractivity contribution in [3.63, 3.8) is 0 Å². The average molecular weight is 372 g/mol. The maximum Gasteiger partial charge on any atom is 0.410 e. The van der Waals surface area contributed by atoms with Crippen LogP contribution in [0, 0.1) is 5.92 Å². The van der Waals surface area contributed by atoms with Crippen molar-refractivity contribution in [2.45, 2.75) is 94.9 Å². The highest BCUT2D eigenvalue weighted by atomic mass is 16.6. The molecular weight excluding hydrogens is 338 g/mol. The van der Waals surface area contributed by atoms with Crippen molar-refractivity contribution in [3.8, 4) is 0 Å². The summed E-state index contributed by atoms with van der Waals surface area (Å²) in [5.74, 6) is 0.408. The van der Waals surface area contributed by atoms with Crippen LogP contribution in [0.5, 0.6) is 0 Å². The Kier molecular flexibility index (Phi) is 5.72. The standard InChI is InChI=1S/C23H33NO3/c25-22(27-17-18-9-4-3-5-10-18)24-20-13-8-14-21(24)16-23(26,15-20)19-11-6-1-2-7-12-19/h3-5,9-10,19-21,26H,1-2,6-8,11-17H2. The Labute approximate surface area is 162 Å². The Bertz CT molecular complexity index is 610. The van der Waals surface area contributed by atoms with Crippen molar-refractivity contribution in [3.05, 3.63) is 35.9 Å². The molecule has 2 unspecified atom stereocenters. The van der Waals surface area contributed by atoms with Gasteiger partial charge in [0.1, 0.15) is 6.61 Å². The number of amides is 1. The number of piperidine rings is 2. The summed E-state index contributed by atoms with van der Waals surface area (Å²) in [6.45, 7) is 0.322. The first-order valence-electron chi connectivity index (χ1n) is 10.9. The highest BCUT2D eigenvalue weighted by Crippen LogP contribution is 2.46. The molecule has 3 fully saturated rings. The molecule has 2 atom stereocenters. The molecule has 2 aliphatic heterocycles. The molecule has 4 heteroatoms. The molecule has 0 spiro atoms. The number of carbonyl (C=O) groups is 1. The van der Waals surface area contributed by atoms with E-state index in [2.05, 4.69) is 0 Å². The molecule has 0 aromatic heterocycles. The zero-order valence-corrected chi connectivity index (χ0v) is 16.3. The van der Waals surface area contributed by atoms with E-state index in [-0.39, 0.29) is 18.2 Å². The fourth-order valence-electron chi connectivity index (χ4n) is 5.71. The highest BCUT2D eigenvalue weighted by molar-refractivity contribution is 5.69. The van der Waals surface area contributed by atoms with Gasteiger partial charge in [-0.2, -0.15) is 0 Å². The van der Waals surface area contributed by atoms with E-state index in [1.54, 1.807) is 0 Å². The number of fused-ring (bicyclic) bond motifs is 2. The number of benzene rings is 1. The van der Waals surface area contributed by atoms with Crippen molar-refractivity contribution < 1.29 is 14.6 Å². The molecule has 1 aliphatic carbocycles. The third kappa shape index (κ3) is 4.16. The zero-order valence-electron chi connectivity index (χ0n) is 16.3. The van der Waals surface area contributed by atoms with E-state index < -0.39 is 5.60 Å². The molecule has 4 nitrogen and oxygen atoms in total. The van der Waals surface area contributed by atoms with Crippen molar-refractivity contribution in [1.82, 2.24) is 4.90 Å². The third-order valence-electron chi connectivity index (χ3n) is 7.07. The second kappa shape index (κ2) is 8.22. The SMILES string of the molecule is O=C(OCc1ccccc1)N1C2CCCC1CC(O)(C1CCCCCC1)C2. The first-order valence-corrected chi connectivity index (χ1v) is 10.9. The molecule has 4 rings (SSSR count). The second-order valence-corrected chi connectivity index (χ2v) is 8.89. The largest absolute Gasteiger partial charge is 0.445 e. The van der Waals surface area contributed by atoms with Gasteiger partial charge in [-0.1, -0.05) is 56.0 Å². The molecule has 0 radical (unpaired) electrons. The smallest absolute Gasteiger partial charge is 0.410 e. The number of aliphatic hydroxyl groups is 1. The molecule has 1 aromatic rings. The van der Waals surface area contributed by atoms with Crippen molar-refractivity contribution in [1.29, 1.82) is 0 Å². The first kappa shape index (κ1) is 18.8. The summed E-state index contributed by atoms with van der Waals surface area (Å²) < 4.78 is 5.64. The molecule has 1 amide bonds.